The van der Waals surface area contributed by atoms with Gasteiger partial charge in [0, 0.05) is 0 Å². The molecule has 0 radical (unpaired) electrons. The second kappa shape index (κ2) is 9.40. The van der Waals surface area contributed by atoms with Crippen LogP contribution in [0.25, 0.3) is 22.1 Å². The summed E-state index contributed by atoms with van der Waals surface area (Å²) in [5.74, 6) is -0.158. The normalized spacial score (nSPS) is 11.9. The quantitative estimate of drug-likeness (QED) is 0.341. The van der Waals surface area contributed by atoms with Gasteiger partial charge in [-0.2, -0.15) is 0 Å². The van der Waals surface area contributed by atoms with Gasteiger partial charge in [-0.05, 0) is 60.5 Å². The lowest BCUT2D eigenvalue weighted by Crippen LogP contribution is -2.22. The summed E-state index contributed by atoms with van der Waals surface area (Å²) in [7, 11) is 0. The first kappa shape index (κ1) is 22.9. The Hall–Kier alpha value is -3.88. The van der Waals surface area contributed by atoms with Crippen molar-refractivity contribution in [1.29, 1.82) is 0 Å². The van der Waals surface area contributed by atoms with Gasteiger partial charge in [-0.1, -0.05) is 47.2 Å². The molecule has 0 aliphatic heterocycles. The minimum atomic E-state index is -0.987. The Bertz CT molecular complexity index is 1670. The van der Waals surface area contributed by atoms with Gasteiger partial charge < -0.3 is 14.6 Å². The third-order valence-corrected chi connectivity index (χ3v) is 6.61. The zero-order valence-corrected chi connectivity index (χ0v) is 20.1. The Morgan fingerprint density at radius 2 is 1.91 bits per heavy atom. The van der Waals surface area contributed by atoms with Crippen molar-refractivity contribution >= 4 is 51.0 Å². The van der Waals surface area contributed by atoms with Gasteiger partial charge in [0.25, 0.3) is 5.56 Å². The van der Waals surface area contributed by atoms with Crippen LogP contribution < -0.4 is 19.6 Å². The molecule has 0 saturated heterocycles. The maximum atomic E-state index is 13.1. The van der Waals surface area contributed by atoms with Gasteiger partial charge in [0.2, 0.25) is 0 Å². The van der Waals surface area contributed by atoms with E-state index in [9.17, 15) is 9.59 Å². The number of benzene rings is 3. The van der Waals surface area contributed by atoms with Gasteiger partial charge in [0.05, 0.1) is 32.8 Å². The van der Waals surface area contributed by atoms with Gasteiger partial charge in [-0.3, -0.25) is 4.79 Å². The van der Waals surface area contributed by atoms with Gasteiger partial charge >= 0.3 is 5.97 Å². The molecule has 7 nitrogen and oxygen atoms in total. The van der Waals surface area contributed by atoms with Crippen molar-refractivity contribution in [2.45, 2.75) is 13.5 Å². The van der Waals surface area contributed by atoms with Crippen LogP contribution >= 0.6 is 22.9 Å². The molecule has 0 atom stereocenters. The molecule has 0 amide bonds. The number of fused-ring (bicyclic) bond motifs is 3. The number of imidazole rings is 1. The predicted molar refractivity (Wildman–Crippen MR) is 136 cm³/mol. The van der Waals surface area contributed by atoms with E-state index in [4.69, 9.17) is 26.2 Å². The van der Waals surface area contributed by atoms with Crippen molar-refractivity contribution in [3.05, 3.63) is 97.3 Å². The van der Waals surface area contributed by atoms with Crippen molar-refractivity contribution in [3.8, 4) is 11.5 Å². The number of carbonyl (C=O) groups is 1. The fourth-order valence-electron chi connectivity index (χ4n) is 3.74. The summed E-state index contributed by atoms with van der Waals surface area (Å²) >= 11 is 7.86. The molecule has 35 heavy (non-hydrogen) atoms. The number of hydrogen-bond acceptors (Lipinski definition) is 6. The SMILES string of the molecule is CCOc1cc(C=c2sc3nc4ccccc4n3c2=O)cc(Cl)c1OCc1ccc(C(=O)O)cc1. The standard InChI is InChI=1S/C26H19ClN2O5S/c1-2-33-21-12-16(11-18(27)23(21)34-14-15-7-9-17(10-8-15)25(31)32)13-22-24(30)29-20-6-4-3-5-19(20)28-26(29)35-22/h3-13H,2,14H2,1H3,(H,31,32). The lowest BCUT2D eigenvalue weighted by atomic mass is 10.1. The zero-order chi connectivity index (χ0) is 24.5. The highest BCUT2D eigenvalue weighted by molar-refractivity contribution is 7.15. The van der Waals surface area contributed by atoms with Crippen LogP contribution in [0.3, 0.4) is 0 Å². The predicted octanol–water partition coefficient (Wildman–Crippen LogP) is 4.79. The smallest absolute Gasteiger partial charge is 0.335 e. The van der Waals surface area contributed by atoms with E-state index in [1.54, 1.807) is 34.7 Å². The van der Waals surface area contributed by atoms with E-state index in [1.165, 1.54) is 23.5 Å². The van der Waals surface area contributed by atoms with Crippen LogP contribution in [0.15, 0.2) is 65.5 Å². The summed E-state index contributed by atoms with van der Waals surface area (Å²) in [6, 6.07) is 17.4. The van der Waals surface area contributed by atoms with Crippen molar-refractivity contribution in [2.75, 3.05) is 6.61 Å². The molecule has 0 aliphatic carbocycles. The Balaban J connectivity index is 1.48. The molecule has 2 aromatic heterocycles. The first-order valence-electron chi connectivity index (χ1n) is 10.8. The van der Waals surface area contributed by atoms with Crippen LogP contribution in [0.2, 0.25) is 5.02 Å². The van der Waals surface area contributed by atoms with Crippen LogP contribution in [0.1, 0.15) is 28.4 Å². The molecule has 1 N–H and O–H groups in total. The van der Waals surface area contributed by atoms with Crippen LogP contribution in [0.4, 0.5) is 0 Å². The van der Waals surface area contributed by atoms with E-state index in [0.29, 0.717) is 38.2 Å². The number of carboxylic acid groups (broad SMARTS) is 1. The molecule has 0 fully saturated rings. The number of para-hydroxylation sites is 2. The molecule has 0 spiro atoms. The van der Waals surface area contributed by atoms with E-state index < -0.39 is 5.97 Å². The number of nitrogens with zero attached hydrogens (tertiary/aromatic N) is 2. The molecular weight excluding hydrogens is 488 g/mol. The number of ether oxygens (including phenoxy) is 2. The summed E-state index contributed by atoms with van der Waals surface area (Å²) in [6.07, 6.45) is 1.76. The van der Waals surface area contributed by atoms with E-state index in [-0.39, 0.29) is 17.7 Å². The molecule has 0 aliphatic rings. The Morgan fingerprint density at radius 1 is 1.14 bits per heavy atom. The third-order valence-electron chi connectivity index (χ3n) is 5.36. The van der Waals surface area contributed by atoms with Crippen LogP contribution in [0, 0.1) is 0 Å². The minimum absolute atomic E-state index is 0.141. The molecule has 176 valence electrons. The Kier molecular flexibility index (Phi) is 6.15. The van der Waals surface area contributed by atoms with Gasteiger partial charge in [-0.15, -0.1) is 0 Å². The van der Waals surface area contributed by atoms with Crippen molar-refractivity contribution in [3.63, 3.8) is 0 Å². The molecule has 0 bridgehead atoms. The molecule has 2 heterocycles. The van der Waals surface area contributed by atoms with Gasteiger partial charge in [0.15, 0.2) is 16.5 Å². The Morgan fingerprint density at radius 3 is 2.66 bits per heavy atom. The topological polar surface area (TPSA) is 90.1 Å². The summed E-state index contributed by atoms with van der Waals surface area (Å²) < 4.78 is 13.8. The molecule has 3 aromatic carbocycles. The first-order chi connectivity index (χ1) is 16.9. The van der Waals surface area contributed by atoms with Crippen LogP contribution in [-0.4, -0.2) is 27.1 Å². The number of rotatable bonds is 7. The number of aromatic nitrogens is 2. The molecule has 5 rings (SSSR count). The summed E-state index contributed by atoms with van der Waals surface area (Å²) in [6.45, 7) is 2.44. The summed E-state index contributed by atoms with van der Waals surface area (Å²) in [4.78, 5) is 29.3. The molecule has 9 heteroatoms. The number of hydrogen-bond donors (Lipinski definition) is 1. The number of thiazole rings is 1. The second-order valence-corrected chi connectivity index (χ2v) is 9.10. The zero-order valence-electron chi connectivity index (χ0n) is 18.5. The van der Waals surface area contributed by atoms with Crippen LogP contribution in [0.5, 0.6) is 11.5 Å². The summed E-state index contributed by atoms with van der Waals surface area (Å²) in [5, 5.41) is 9.38. The fourth-order valence-corrected chi connectivity index (χ4v) is 5.00. The molecular formula is C26H19ClN2O5S. The van der Waals surface area contributed by atoms with E-state index in [2.05, 4.69) is 4.98 Å². The van der Waals surface area contributed by atoms with Gasteiger partial charge in [0.1, 0.15) is 6.61 Å². The highest BCUT2D eigenvalue weighted by Gasteiger charge is 2.15. The lowest BCUT2D eigenvalue weighted by Gasteiger charge is -2.14. The molecule has 0 unspecified atom stereocenters. The monoisotopic (exact) mass is 506 g/mol. The number of carboxylic acids is 1. The maximum Gasteiger partial charge on any atom is 0.335 e. The van der Waals surface area contributed by atoms with E-state index in [1.807, 2.05) is 31.2 Å². The van der Waals surface area contributed by atoms with Crippen molar-refractivity contribution in [1.82, 2.24) is 9.38 Å². The Labute approximate surface area is 208 Å². The fraction of sp³-hybridized carbons (Fsp3) is 0.115. The number of aromatic carboxylic acids is 1. The summed E-state index contributed by atoms with van der Waals surface area (Å²) in [5.41, 5.74) is 3.10. The minimum Gasteiger partial charge on any atom is -0.490 e. The van der Waals surface area contributed by atoms with Crippen molar-refractivity contribution in [2.24, 2.45) is 0 Å². The first-order valence-corrected chi connectivity index (χ1v) is 12.0. The highest BCUT2D eigenvalue weighted by atomic mass is 35.5. The second-order valence-electron chi connectivity index (χ2n) is 7.69. The van der Waals surface area contributed by atoms with Crippen molar-refractivity contribution < 1.29 is 19.4 Å². The average molecular weight is 507 g/mol. The molecule has 5 aromatic rings. The molecule has 0 saturated carbocycles. The average Bonchev–Trinajstić information content (AvgIpc) is 3.35. The van der Waals surface area contributed by atoms with E-state index in [0.717, 1.165) is 16.6 Å². The van der Waals surface area contributed by atoms with Crippen LogP contribution in [-0.2, 0) is 6.61 Å². The largest absolute Gasteiger partial charge is 0.490 e. The maximum absolute atomic E-state index is 13.1. The highest BCUT2D eigenvalue weighted by Crippen LogP contribution is 2.37. The third kappa shape index (κ3) is 4.45. The lowest BCUT2D eigenvalue weighted by molar-refractivity contribution is 0.0697. The van der Waals surface area contributed by atoms with Gasteiger partial charge in [-0.25, -0.2) is 14.2 Å². The van der Waals surface area contributed by atoms with E-state index >= 15 is 0 Å². The number of halogens is 1.